The lowest BCUT2D eigenvalue weighted by Gasteiger charge is -2.28. The fourth-order valence-corrected chi connectivity index (χ4v) is 6.23. The number of hydrogen-bond acceptors (Lipinski definition) is 10. The van der Waals surface area contributed by atoms with Gasteiger partial charge in [-0.3, -0.25) is 14.2 Å². The molecule has 2 atom stereocenters. The van der Waals surface area contributed by atoms with Crippen molar-refractivity contribution in [2.45, 2.75) is 41.4 Å². The number of aryl methyl sites for hydroxylation is 2. The molecule has 0 bridgehead atoms. The molecule has 0 aliphatic heterocycles. The second-order valence-corrected chi connectivity index (χ2v) is 14.1. The number of benzene rings is 2. The van der Waals surface area contributed by atoms with Crippen molar-refractivity contribution in [3.8, 4) is 11.5 Å². The molecule has 1 unspecified atom stereocenters. The number of alkyl halides is 3. The molecule has 0 saturated carbocycles. The second kappa shape index (κ2) is 17.3. The summed E-state index contributed by atoms with van der Waals surface area (Å²) in [6, 6.07) is 15.6. The molecular weight excluding hydrogens is 632 g/mol. The van der Waals surface area contributed by atoms with Gasteiger partial charge in [-0.15, -0.1) is 0 Å². The number of carbonyl (C=O) groups excluding carboxylic acids is 2. The van der Waals surface area contributed by atoms with Crippen molar-refractivity contribution in [2.75, 3.05) is 48.6 Å². The number of esters is 2. The van der Waals surface area contributed by atoms with Crippen molar-refractivity contribution in [1.82, 2.24) is 4.90 Å². The molecule has 2 aromatic rings. The summed E-state index contributed by atoms with van der Waals surface area (Å²) in [7, 11) is 3.32. The van der Waals surface area contributed by atoms with Crippen LogP contribution >= 0.6 is 42.4 Å². The smallest absolute Gasteiger partial charge is 0.374 e. The van der Waals surface area contributed by atoms with Gasteiger partial charge in [0, 0.05) is 20.8 Å². The Morgan fingerprint density at radius 1 is 0.905 bits per heavy atom. The minimum atomic E-state index is -4.10. The van der Waals surface area contributed by atoms with E-state index in [-0.39, 0.29) is 13.0 Å². The molecule has 0 spiro atoms. The molecular formula is C28H37Cl3NO9P. The first-order chi connectivity index (χ1) is 19.8. The molecule has 0 N–H and O–H groups in total. The Kier molecular flexibility index (Phi) is 14.9. The number of para-hydroxylation sites is 1. The fourth-order valence-electron chi connectivity index (χ4n) is 3.88. The third kappa shape index (κ3) is 11.9. The Balaban J connectivity index is 1.97. The average molecular weight is 669 g/mol. The highest BCUT2D eigenvalue weighted by Gasteiger charge is 2.51. The van der Waals surface area contributed by atoms with E-state index < -0.39 is 41.7 Å². The van der Waals surface area contributed by atoms with E-state index in [4.69, 9.17) is 62.8 Å². The number of halogens is 3. The first-order valence-corrected chi connectivity index (χ1v) is 15.7. The topological polar surface area (TPSA) is 110 Å². The monoisotopic (exact) mass is 667 g/mol. The Hall–Kier alpha value is -2.04. The fraction of sp³-hybridized carbons (Fsp3) is 0.500. The van der Waals surface area contributed by atoms with Crippen LogP contribution in [0.1, 0.15) is 24.0 Å². The van der Waals surface area contributed by atoms with Gasteiger partial charge in [0.05, 0.1) is 20.0 Å². The van der Waals surface area contributed by atoms with E-state index in [0.717, 1.165) is 43.9 Å². The number of rotatable bonds is 17. The van der Waals surface area contributed by atoms with Crippen molar-refractivity contribution >= 4 is 54.3 Å². The van der Waals surface area contributed by atoms with E-state index in [0.29, 0.717) is 12.3 Å². The second-order valence-electron chi connectivity index (χ2n) is 9.43. The number of likely N-dealkylation sites (N-methyl/N-ethyl adjacent to an activating group) is 1. The van der Waals surface area contributed by atoms with Crippen LogP contribution in [0.15, 0.2) is 48.5 Å². The van der Waals surface area contributed by atoms with Crippen LogP contribution in [0.25, 0.3) is 0 Å². The molecule has 2 aromatic carbocycles. The lowest BCUT2D eigenvalue weighted by molar-refractivity contribution is -0.156. The molecule has 10 nitrogen and oxygen atoms in total. The third-order valence-electron chi connectivity index (χ3n) is 5.93. The van der Waals surface area contributed by atoms with Gasteiger partial charge >= 0.3 is 19.5 Å². The van der Waals surface area contributed by atoms with Crippen LogP contribution in [0.5, 0.6) is 11.5 Å². The van der Waals surface area contributed by atoms with Crippen LogP contribution in [0, 0.1) is 0 Å². The predicted octanol–water partition coefficient (Wildman–Crippen LogP) is 5.84. The number of methoxy groups -OCH3 is 1. The highest BCUT2D eigenvalue weighted by atomic mass is 35.6. The highest BCUT2D eigenvalue weighted by Crippen LogP contribution is 2.59. The molecule has 0 aliphatic rings. The highest BCUT2D eigenvalue weighted by molar-refractivity contribution is 7.55. The zero-order chi connectivity index (χ0) is 31.3. The number of carbonyl (C=O) groups is 2. The maximum absolute atomic E-state index is 12.7. The Morgan fingerprint density at radius 3 is 2.14 bits per heavy atom. The van der Waals surface area contributed by atoms with Crippen LogP contribution in [-0.4, -0.2) is 81.2 Å². The van der Waals surface area contributed by atoms with Crippen LogP contribution in [0.2, 0.25) is 0 Å². The molecule has 0 radical (unpaired) electrons. The van der Waals surface area contributed by atoms with Gasteiger partial charge in [-0.25, -0.2) is 0 Å². The Bertz CT molecular complexity index is 1200. The summed E-state index contributed by atoms with van der Waals surface area (Å²) in [5.74, 6) is -1.98. The van der Waals surface area contributed by atoms with E-state index in [1.54, 1.807) is 7.11 Å². The summed E-state index contributed by atoms with van der Waals surface area (Å²) in [4.78, 5) is 26.9. The summed E-state index contributed by atoms with van der Waals surface area (Å²) in [5.41, 5.74) is 2.14. The molecule has 0 heterocycles. The van der Waals surface area contributed by atoms with Gasteiger partial charge in [0.25, 0.3) is 0 Å². The number of nitrogens with zero attached hydrogens (tertiary/aromatic N) is 1. The van der Waals surface area contributed by atoms with E-state index in [2.05, 4.69) is 0 Å². The van der Waals surface area contributed by atoms with Crippen molar-refractivity contribution in [3.05, 3.63) is 59.7 Å². The van der Waals surface area contributed by atoms with Gasteiger partial charge < -0.3 is 32.9 Å². The molecule has 0 amide bonds. The van der Waals surface area contributed by atoms with Gasteiger partial charge in [0.1, 0.15) is 24.2 Å². The van der Waals surface area contributed by atoms with E-state index in [1.807, 2.05) is 67.5 Å². The van der Waals surface area contributed by atoms with E-state index in [9.17, 15) is 14.2 Å². The van der Waals surface area contributed by atoms with Gasteiger partial charge in [0.2, 0.25) is 9.64 Å². The zero-order valence-corrected chi connectivity index (χ0v) is 27.4. The van der Waals surface area contributed by atoms with Crippen LogP contribution in [0.3, 0.4) is 0 Å². The van der Waals surface area contributed by atoms with Gasteiger partial charge in [0.15, 0.2) is 0 Å². The third-order valence-corrected chi connectivity index (χ3v) is 9.07. The van der Waals surface area contributed by atoms with Gasteiger partial charge in [-0.2, -0.15) is 0 Å². The van der Waals surface area contributed by atoms with Gasteiger partial charge in [-0.1, -0.05) is 65.1 Å². The first-order valence-electron chi connectivity index (χ1n) is 13.0. The van der Waals surface area contributed by atoms with Crippen LogP contribution < -0.4 is 9.47 Å². The molecule has 14 heteroatoms. The maximum Gasteiger partial charge on any atom is 0.374 e. The first kappa shape index (κ1) is 36.2. The molecule has 0 fully saturated rings. The maximum atomic E-state index is 12.7. The van der Waals surface area contributed by atoms with Crippen molar-refractivity contribution in [2.24, 2.45) is 0 Å². The van der Waals surface area contributed by atoms with E-state index >= 15 is 0 Å². The summed E-state index contributed by atoms with van der Waals surface area (Å²) >= 11 is 17.5. The molecule has 0 aliphatic carbocycles. The molecule has 2 rings (SSSR count). The Labute approximate surface area is 261 Å². The molecule has 234 valence electrons. The zero-order valence-electron chi connectivity index (χ0n) is 24.2. The predicted molar refractivity (Wildman–Crippen MR) is 162 cm³/mol. The summed E-state index contributed by atoms with van der Waals surface area (Å²) in [6.45, 7) is 0.465. The minimum Gasteiger partial charge on any atom is -0.497 e. The van der Waals surface area contributed by atoms with E-state index in [1.165, 1.54) is 0 Å². The summed E-state index contributed by atoms with van der Waals surface area (Å²) in [6.07, 6.45) is 0.125. The summed E-state index contributed by atoms with van der Waals surface area (Å²) < 4.78 is 42.0. The Morgan fingerprint density at radius 2 is 1.55 bits per heavy atom. The number of hydrogen-bond donors (Lipinski definition) is 0. The quantitative estimate of drug-likeness (QED) is 0.116. The van der Waals surface area contributed by atoms with Crippen molar-refractivity contribution in [3.63, 3.8) is 0 Å². The van der Waals surface area contributed by atoms with Crippen molar-refractivity contribution in [1.29, 1.82) is 0 Å². The molecule has 0 aromatic heterocycles. The molecule has 42 heavy (non-hydrogen) atoms. The number of ether oxygens (including phenoxy) is 4. The lowest BCUT2D eigenvalue weighted by atomic mass is 10.0. The average Bonchev–Trinajstić information content (AvgIpc) is 2.95. The molecule has 0 saturated heterocycles. The van der Waals surface area contributed by atoms with Crippen molar-refractivity contribution < 1.29 is 42.1 Å². The van der Waals surface area contributed by atoms with Gasteiger partial charge in [-0.05, 0) is 56.3 Å². The standard InChI is InChI=1S/C28H37Cl3NO9P/c1-32(2)18-23(40-25(33)15-16-26(34)41-27(28(29,30)31)42(35,37-4)38-5)19-39-24-12-7-6-10-21(24)14-13-20-9-8-11-22(17-20)36-3/h6-12,17,23,27H,13-16,18-19H2,1-5H3/t23-,27?/m1/s1. The normalized spacial score (nSPS) is 13.4. The van der Waals surface area contributed by atoms with Crippen LogP contribution in [-0.2, 0) is 45.5 Å². The SMILES string of the molecule is COc1cccc(CCc2ccccc2OC[C@@H](CN(C)C)OC(=O)CCC(=O)OC(C(Cl)(Cl)Cl)P(=O)(OC)OC)c1. The largest absolute Gasteiger partial charge is 0.497 e. The lowest BCUT2D eigenvalue weighted by Crippen LogP contribution is -2.35. The summed E-state index contributed by atoms with van der Waals surface area (Å²) in [5, 5.41) is 0. The minimum absolute atomic E-state index is 0.0880. The van der Waals surface area contributed by atoms with Crippen LogP contribution in [0.4, 0.5) is 0 Å².